The minimum absolute atomic E-state index is 0. The number of aliphatic carboxylic acids is 1. The predicted molar refractivity (Wildman–Crippen MR) is 128 cm³/mol. The number of benzene rings is 2. The minimum Gasteiger partial charge on any atom is -0.494 e. The minimum atomic E-state index is -0.980. The van der Waals surface area contributed by atoms with Gasteiger partial charge < -0.3 is 19.1 Å². The van der Waals surface area contributed by atoms with Gasteiger partial charge in [-0.3, -0.25) is 0 Å². The Balaban J connectivity index is 0.00000363. The number of halogens is 1. The van der Waals surface area contributed by atoms with Crippen molar-refractivity contribution in [3.8, 4) is 11.5 Å². The van der Waals surface area contributed by atoms with E-state index < -0.39 is 5.97 Å². The van der Waals surface area contributed by atoms with E-state index in [1.165, 1.54) is 0 Å². The van der Waals surface area contributed by atoms with Gasteiger partial charge in [0.25, 0.3) is 0 Å². The number of para-hydroxylation sites is 1. The number of carbonyl (C=O) groups is 1. The third-order valence-electron chi connectivity index (χ3n) is 4.72. The van der Waals surface area contributed by atoms with Gasteiger partial charge in [0.1, 0.15) is 11.5 Å². The monoisotopic (exact) mass is 456 g/mol. The summed E-state index contributed by atoms with van der Waals surface area (Å²) in [7, 11) is 0. The fourth-order valence-electron chi connectivity index (χ4n) is 3.14. The molecular formula is C25H29ClN2O4. The van der Waals surface area contributed by atoms with Crippen LogP contribution in [0.2, 0.25) is 0 Å². The van der Waals surface area contributed by atoms with Gasteiger partial charge in [-0.1, -0.05) is 30.3 Å². The van der Waals surface area contributed by atoms with Crippen LogP contribution in [-0.2, 0) is 11.3 Å². The molecule has 0 aliphatic heterocycles. The molecule has 0 aliphatic rings. The van der Waals surface area contributed by atoms with Crippen molar-refractivity contribution in [2.24, 2.45) is 0 Å². The number of carboxylic acid groups (broad SMARTS) is 1. The predicted octanol–water partition coefficient (Wildman–Crippen LogP) is 5.47. The van der Waals surface area contributed by atoms with Crippen molar-refractivity contribution >= 4 is 24.5 Å². The lowest BCUT2D eigenvalue weighted by Gasteiger charge is -2.12. The lowest BCUT2D eigenvalue weighted by molar-refractivity contribution is -0.131. The van der Waals surface area contributed by atoms with Gasteiger partial charge in [0, 0.05) is 30.6 Å². The first-order valence-electron chi connectivity index (χ1n) is 10.5. The second-order valence-electron chi connectivity index (χ2n) is 7.20. The van der Waals surface area contributed by atoms with Crippen LogP contribution in [0.5, 0.6) is 11.5 Å². The largest absolute Gasteiger partial charge is 0.494 e. The average molecular weight is 457 g/mol. The first-order chi connectivity index (χ1) is 15.2. The van der Waals surface area contributed by atoms with Gasteiger partial charge in [-0.2, -0.15) is 0 Å². The molecule has 32 heavy (non-hydrogen) atoms. The summed E-state index contributed by atoms with van der Waals surface area (Å²) in [6, 6.07) is 15.7. The number of hydrogen-bond acceptors (Lipinski definition) is 4. The van der Waals surface area contributed by atoms with Gasteiger partial charge in [-0.15, -0.1) is 12.4 Å². The third-order valence-corrected chi connectivity index (χ3v) is 4.72. The first kappa shape index (κ1) is 25.0. The smallest absolute Gasteiger partial charge is 0.328 e. The van der Waals surface area contributed by atoms with E-state index in [1.54, 1.807) is 18.6 Å². The molecule has 2 aromatic carbocycles. The molecule has 0 atom stereocenters. The Morgan fingerprint density at radius 3 is 2.44 bits per heavy atom. The molecule has 1 N–H and O–H groups in total. The van der Waals surface area contributed by atoms with Crippen LogP contribution < -0.4 is 9.47 Å². The molecule has 1 heterocycles. The summed E-state index contributed by atoms with van der Waals surface area (Å²) in [5.74, 6) is 0.622. The molecule has 0 radical (unpaired) electrons. The molecular weight excluding hydrogens is 428 g/mol. The molecule has 170 valence electrons. The van der Waals surface area contributed by atoms with Crippen LogP contribution in [0.15, 0.2) is 73.3 Å². The Morgan fingerprint density at radius 1 is 1.00 bits per heavy atom. The van der Waals surface area contributed by atoms with E-state index in [1.807, 2.05) is 59.3 Å². The van der Waals surface area contributed by atoms with Crippen LogP contribution in [-0.4, -0.2) is 33.8 Å². The highest BCUT2D eigenvalue weighted by atomic mass is 35.5. The standard InChI is InChI=1S/C25H28N2O4.ClH/c28-25(29)13-12-22-11-10-21(19-27-15-14-26-20-27)18-24(22)31-17-7-2-1-6-16-30-23-8-4-3-5-9-23;/h3-5,8-15,18,20H,1-2,6-7,16-17,19H2,(H,28,29);1H. The normalized spacial score (nSPS) is 10.6. The summed E-state index contributed by atoms with van der Waals surface area (Å²) < 4.78 is 13.7. The van der Waals surface area contributed by atoms with Crippen LogP contribution in [0.4, 0.5) is 0 Å². The summed E-state index contributed by atoms with van der Waals surface area (Å²) in [6.07, 6.45) is 12.2. The molecule has 0 bridgehead atoms. The number of aromatic nitrogens is 2. The fourth-order valence-corrected chi connectivity index (χ4v) is 3.14. The maximum atomic E-state index is 10.9. The zero-order valence-electron chi connectivity index (χ0n) is 17.9. The summed E-state index contributed by atoms with van der Waals surface area (Å²) >= 11 is 0. The van der Waals surface area contributed by atoms with E-state index in [0.717, 1.165) is 48.6 Å². The van der Waals surface area contributed by atoms with Crippen molar-refractivity contribution in [2.45, 2.75) is 32.2 Å². The van der Waals surface area contributed by atoms with Crippen molar-refractivity contribution < 1.29 is 19.4 Å². The van der Waals surface area contributed by atoms with Gasteiger partial charge in [0.2, 0.25) is 0 Å². The lowest BCUT2D eigenvalue weighted by atomic mass is 10.1. The van der Waals surface area contributed by atoms with E-state index in [4.69, 9.17) is 14.6 Å². The third kappa shape index (κ3) is 8.86. The van der Waals surface area contributed by atoms with Crippen molar-refractivity contribution in [3.63, 3.8) is 0 Å². The second kappa shape index (κ2) is 13.9. The summed E-state index contributed by atoms with van der Waals surface area (Å²) in [5.41, 5.74) is 1.83. The quantitative estimate of drug-likeness (QED) is 0.273. The van der Waals surface area contributed by atoms with E-state index in [2.05, 4.69) is 4.98 Å². The van der Waals surface area contributed by atoms with E-state index in [0.29, 0.717) is 25.5 Å². The van der Waals surface area contributed by atoms with Gasteiger partial charge >= 0.3 is 5.97 Å². The zero-order chi connectivity index (χ0) is 21.7. The van der Waals surface area contributed by atoms with Gasteiger partial charge in [0.05, 0.1) is 19.5 Å². The molecule has 6 nitrogen and oxygen atoms in total. The molecule has 0 fully saturated rings. The highest BCUT2D eigenvalue weighted by molar-refractivity contribution is 5.86. The molecule has 0 aliphatic carbocycles. The number of ether oxygens (including phenoxy) is 2. The number of imidazole rings is 1. The molecule has 0 saturated carbocycles. The second-order valence-corrected chi connectivity index (χ2v) is 7.20. The van der Waals surface area contributed by atoms with Crippen LogP contribution >= 0.6 is 12.4 Å². The molecule has 0 spiro atoms. The SMILES string of the molecule is Cl.O=C(O)C=Cc1ccc(Cn2ccnc2)cc1OCCCCCCOc1ccccc1. The Bertz CT molecular complexity index is 959. The molecule has 3 aromatic rings. The van der Waals surface area contributed by atoms with Crippen molar-refractivity contribution in [1.82, 2.24) is 9.55 Å². The number of carboxylic acids is 1. The molecule has 7 heteroatoms. The molecule has 1 aromatic heterocycles. The number of nitrogens with zero attached hydrogens (tertiary/aromatic N) is 2. The Morgan fingerprint density at radius 2 is 1.75 bits per heavy atom. The fraction of sp³-hybridized carbons (Fsp3) is 0.280. The van der Waals surface area contributed by atoms with Crippen LogP contribution in [0, 0.1) is 0 Å². The summed E-state index contributed by atoms with van der Waals surface area (Å²) in [5, 5.41) is 8.93. The highest BCUT2D eigenvalue weighted by Crippen LogP contribution is 2.23. The van der Waals surface area contributed by atoms with Gasteiger partial charge in [-0.25, -0.2) is 9.78 Å². The lowest BCUT2D eigenvalue weighted by Crippen LogP contribution is -2.02. The molecule has 3 rings (SSSR count). The number of rotatable bonds is 13. The summed E-state index contributed by atoms with van der Waals surface area (Å²) in [4.78, 5) is 15.0. The topological polar surface area (TPSA) is 73.6 Å². The summed E-state index contributed by atoms with van der Waals surface area (Å²) in [6.45, 7) is 1.98. The average Bonchev–Trinajstić information content (AvgIpc) is 3.28. The van der Waals surface area contributed by atoms with E-state index in [9.17, 15) is 4.79 Å². The molecule has 0 unspecified atom stereocenters. The van der Waals surface area contributed by atoms with E-state index in [-0.39, 0.29) is 12.4 Å². The maximum absolute atomic E-state index is 10.9. The zero-order valence-corrected chi connectivity index (χ0v) is 18.7. The Labute approximate surface area is 194 Å². The van der Waals surface area contributed by atoms with Gasteiger partial charge in [0.15, 0.2) is 0 Å². The number of hydrogen-bond donors (Lipinski definition) is 1. The van der Waals surface area contributed by atoms with Crippen LogP contribution in [0.25, 0.3) is 6.08 Å². The van der Waals surface area contributed by atoms with Crippen molar-refractivity contribution in [1.29, 1.82) is 0 Å². The highest BCUT2D eigenvalue weighted by Gasteiger charge is 2.05. The van der Waals surface area contributed by atoms with Crippen LogP contribution in [0.3, 0.4) is 0 Å². The Hall–Kier alpha value is -3.25. The Kier molecular flexibility index (Phi) is 10.9. The molecule has 0 amide bonds. The maximum Gasteiger partial charge on any atom is 0.328 e. The molecule has 0 saturated heterocycles. The van der Waals surface area contributed by atoms with Crippen molar-refractivity contribution in [2.75, 3.05) is 13.2 Å². The first-order valence-corrected chi connectivity index (χ1v) is 10.5. The van der Waals surface area contributed by atoms with Gasteiger partial charge in [-0.05, 0) is 55.5 Å². The van der Waals surface area contributed by atoms with Crippen LogP contribution in [0.1, 0.15) is 36.8 Å². The van der Waals surface area contributed by atoms with Crippen molar-refractivity contribution in [3.05, 3.63) is 84.5 Å². The van der Waals surface area contributed by atoms with E-state index >= 15 is 0 Å². The number of unbranched alkanes of at least 4 members (excludes halogenated alkanes) is 3.